The molecule has 2 rings (SSSR count). The Kier molecular flexibility index (Phi) is 7.36. The van der Waals surface area contributed by atoms with Crippen molar-refractivity contribution >= 4 is 21.6 Å². The van der Waals surface area contributed by atoms with Crippen LogP contribution in [0.3, 0.4) is 0 Å². The first kappa shape index (κ1) is 20.1. The predicted octanol–water partition coefficient (Wildman–Crippen LogP) is 3.90. The number of sulfonamides is 1. The molecule has 26 heavy (non-hydrogen) atoms. The van der Waals surface area contributed by atoms with Gasteiger partial charge in [-0.3, -0.25) is 4.79 Å². The van der Waals surface area contributed by atoms with Crippen LogP contribution in [-0.2, 0) is 14.8 Å². The minimum Gasteiger partial charge on any atom is -0.326 e. The Labute approximate surface area is 155 Å². The Morgan fingerprint density at radius 1 is 1.04 bits per heavy atom. The number of amides is 1. The summed E-state index contributed by atoms with van der Waals surface area (Å²) in [5.41, 5.74) is 1.42. The van der Waals surface area contributed by atoms with Crippen molar-refractivity contribution < 1.29 is 13.2 Å². The van der Waals surface area contributed by atoms with Crippen LogP contribution in [0.2, 0.25) is 0 Å². The second-order valence-electron chi connectivity index (χ2n) is 6.14. The van der Waals surface area contributed by atoms with Crippen LogP contribution in [0.1, 0.15) is 44.6 Å². The van der Waals surface area contributed by atoms with E-state index in [2.05, 4.69) is 10.0 Å². The fourth-order valence-corrected chi connectivity index (χ4v) is 3.81. The van der Waals surface area contributed by atoms with Gasteiger partial charge < -0.3 is 5.32 Å². The van der Waals surface area contributed by atoms with Gasteiger partial charge in [0.1, 0.15) is 0 Å². The highest BCUT2D eigenvalue weighted by atomic mass is 32.2. The van der Waals surface area contributed by atoms with Crippen LogP contribution in [0, 0.1) is 0 Å². The maximum absolute atomic E-state index is 12.6. The number of carbonyl (C=O) groups is 1. The summed E-state index contributed by atoms with van der Waals surface area (Å²) in [5.74, 6) is -0.425. The SMILES string of the molecule is CCCCNS(=O)(=O)c1cccc(NC(=O)C(CC)c2ccccc2)c1. The first-order valence-corrected chi connectivity index (χ1v) is 10.4. The van der Waals surface area contributed by atoms with Gasteiger partial charge >= 0.3 is 0 Å². The second-order valence-corrected chi connectivity index (χ2v) is 7.91. The fraction of sp³-hybridized carbons (Fsp3) is 0.350. The van der Waals surface area contributed by atoms with E-state index in [4.69, 9.17) is 0 Å². The van der Waals surface area contributed by atoms with Gasteiger partial charge in [0.25, 0.3) is 0 Å². The quantitative estimate of drug-likeness (QED) is 0.654. The third-order valence-corrected chi connectivity index (χ3v) is 5.62. The molecule has 0 aromatic heterocycles. The molecule has 2 aromatic rings. The van der Waals surface area contributed by atoms with Gasteiger partial charge in [0.2, 0.25) is 15.9 Å². The van der Waals surface area contributed by atoms with E-state index in [9.17, 15) is 13.2 Å². The van der Waals surface area contributed by atoms with E-state index in [1.54, 1.807) is 12.1 Å². The average molecular weight is 375 g/mol. The van der Waals surface area contributed by atoms with Crippen molar-refractivity contribution in [2.75, 3.05) is 11.9 Å². The van der Waals surface area contributed by atoms with Crippen molar-refractivity contribution in [3.63, 3.8) is 0 Å². The summed E-state index contributed by atoms with van der Waals surface area (Å²) in [6, 6.07) is 15.9. The zero-order valence-corrected chi connectivity index (χ0v) is 16.1. The van der Waals surface area contributed by atoms with Gasteiger partial charge in [-0.05, 0) is 36.6 Å². The van der Waals surface area contributed by atoms with Gasteiger partial charge in [-0.25, -0.2) is 13.1 Å². The lowest BCUT2D eigenvalue weighted by Crippen LogP contribution is -2.25. The lowest BCUT2D eigenvalue weighted by Gasteiger charge is -2.16. The molecule has 0 saturated heterocycles. The van der Waals surface area contributed by atoms with Crippen molar-refractivity contribution in [3.8, 4) is 0 Å². The van der Waals surface area contributed by atoms with E-state index < -0.39 is 10.0 Å². The van der Waals surface area contributed by atoms with Gasteiger partial charge in [0.05, 0.1) is 10.8 Å². The number of hydrogen-bond acceptors (Lipinski definition) is 3. The highest BCUT2D eigenvalue weighted by molar-refractivity contribution is 7.89. The maximum atomic E-state index is 12.6. The molecule has 140 valence electrons. The molecule has 2 aromatic carbocycles. The monoisotopic (exact) mass is 374 g/mol. The summed E-state index contributed by atoms with van der Waals surface area (Å²) in [4.78, 5) is 12.8. The number of hydrogen-bond donors (Lipinski definition) is 2. The second kappa shape index (κ2) is 9.50. The minimum absolute atomic E-state index is 0.146. The number of rotatable bonds is 9. The Morgan fingerprint density at radius 3 is 2.42 bits per heavy atom. The van der Waals surface area contributed by atoms with Crippen molar-refractivity contribution in [1.82, 2.24) is 4.72 Å². The van der Waals surface area contributed by atoms with Crippen molar-refractivity contribution in [2.24, 2.45) is 0 Å². The van der Waals surface area contributed by atoms with Gasteiger partial charge in [-0.2, -0.15) is 0 Å². The van der Waals surface area contributed by atoms with Crippen LogP contribution in [0.5, 0.6) is 0 Å². The first-order chi connectivity index (χ1) is 12.5. The summed E-state index contributed by atoms with van der Waals surface area (Å²) < 4.78 is 27.2. The molecule has 0 heterocycles. The molecule has 0 saturated carbocycles. The normalized spacial score (nSPS) is 12.5. The standard InChI is InChI=1S/C20H26N2O3S/c1-3-5-14-21-26(24,25)18-13-9-12-17(15-18)22-20(23)19(4-2)16-10-7-6-8-11-16/h6-13,15,19,21H,3-5,14H2,1-2H3,(H,22,23). The van der Waals surface area contributed by atoms with Crippen LogP contribution in [0.25, 0.3) is 0 Å². The summed E-state index contributed by atoms with van der Waals surface area (Å²) in [5, 5.41) is 2.84. The zero-order chi connectivity index (χ0) is 19.0. The van der Waals surface area contributed by atoms with E-state index in [0.29, 0.717) is 18.7 Å². The highest BCUT2D eigenvalue weighted by Gasteiger charge is 2.19. The molecule has 0 aliphatic rings. The van der Waals surface area contributed by atoms with E-state index in [-0.39, 0.29) is 16.7 Å². The van der Waals surface area contributed by atoms with E-state index in [1.807, 2.05) is 44.2 Å². The molecule has 0 fully saturated rings. The van der Waals surface area contributed by atoms with Crippen molar-refractivity contribution in [1.29, 1.82) is 0 Å². The van der Waals surface area contributed by atoms with Crippen LogP contribution >= 0.6 is 0 Å². The third kappa shape index (κ3) is 5.41. The molecule has 0 aliphatic heterocycles. The molecule has 1 amide bonds. The van der Waals surface area contributed by atoms with Crippen LogP contribution in [0.4, 0.5) is 5.69 Å². The summed E-state index contributed by atoms with van der Waals surface area (Å²) in [6.45, 7) is 4.36. The summed E-state index contributed by atoms with van der Waals surface area (Å²) >= 11 is 0. The first-order valence-electron chi connectivity index (χ1n) is 8.93. The number of unbranched alkanes of at least 4 members (excludes halogenated alkanes) is 1. The molecule has 0 aliphatic carbocycles. The van der Waals surface area contributed by atoms with Gasteiger partial charge in [0, 0.05) is 12.2 Å². The summed E-state index contributed by atoms with van der Waals surface area (Å²) in [6.07, 6.45) is 2.35. The molecule has 1 unspecified atom stereocenters. The summed E-state index contributed by atoms with van der Waals surface area (Å²) in [7, 11) is -3.57. The minimum atomic E-state index is -3.57. The molecule has 1 atom stereocenters. The molecule has 2 N–H and O–H groups in total. The number of nitrogens with one attached hydrogen (secondary N) is 2. The molecule has 0 radical (unpaired) electrons. The zero-order valence-electron chi connectivity index (χ0n) is 15.2. The number of anilines is 1. The molecule has 5 nitrogen and oxygen atoms in total. The Bertz CT molecular complexity index is 820. The Morgan fingerprint density at radius 2 is 1.77 bits per heavy atom. The lowest BCUT2D eigenvalue weighted by molar-refractivity contribution is -0.117. The number of carbonyl (C=O) groups excluding carboxylic acids is 1. The van der Waals surface area contributed by atoms with E-state index in [0.717, 1.165) is 18.4 Å². The van der Waals surface area contributed by atoms with E-state index >= 15 is 0 Å². The lowest BCUT2D eigenvalue weighted by atomic mass is 9.95. The average Bonchev–Trinajstić information content (AvgIpc) is 2.63. The molecular weight excluding hydrogens is 348 g/mol. The molecule has 6 heteroatoms. The Hall–Kier alpha value is -2.18. The van der Waals surface area contributed by atoms with E-state index in [1.165, 1.54) is 12.1 Å². The highest BCUT2D eigenvalue weighted by Crippen LogP contribution is 2.22. The smallest absolute Gasteiger partial charge is 0.240 e. The third-order valence-electron chi connectivity index (χ3n) is 4.16. The predicted molar refractivity (Wildman–Crippen MR) is 105 cm³/mol. The number of benzene rings is 2. The maximum Gasteiger partial charge on any atom is 0.240 e. The van der Waals surface area contributed by atoms with Crippen molar-refractivity contribution in [2.45, 2.75) is 43.9 Å². The molecular formula is C20H26N2O3S. The van der Waals surface area contributed by atoms with Crippen LogP contribution in [0.15, 0.2) is 59.5 Å². The van der Waals surface area contributed by atoms with Gasteiger partial charge in [-0.15, -0.1) is 0 Å². The molecule has 0 bridgehead atoms. The van der Waals surface area contributed by atoms with Gasteiger partial charge in [0.15, 0.2) is 0 Å². The fourth-order valence-electron chi connectivity index (χ4n) is 2.69. The van der Waals surface area contributed by atoms with Crippen LogP contribution in [-0.4, -0.2) is 20.9 Å². The Balaban J connectivity index is 2.13. The van der Waals surface area contributed by atoms with Crippen LogP contribution < -0.4 is 10.0 Å². The topological polar surface area (TPSA) is 75.3 Å². The van der Waals surface area contributed by atoms with Crippen molar-refractivity contribution in [3.05, 3.63) is 60.2 Å². The van der Waals surface area contributed by atoms with Gasteiger partial charge in [-0.1, -0.05) is 56.7 Å². The molecule has 0 spiro atoms. The largest absolute Gasteiger partial charge is 0.326 e.